The Morgan fingerprint density at radius 1 is 1.03 bits per heavy atom. The van der Waals surface area contributed by atoms with Crippen LogP contribution in [0.5, 0.6) is 5.75 Å². The van der Waals surface area contributed by atoms with E-state index in [1.165, 1.54) is 12.1 Å². The monoisotopic (exact) mass is 453 g/mol. The maximum atomic E-state index is 12.7. The van der Waals surface area contributed by atoms with Gasteiger partial charge < -0.3 is 15.2 Å². The van der Waals surface area contributed by atoms with Crippen molar-refractivity contribution >= 4 is 40.8 Å². The Morgan fingerprint density at radius 2 is 1.78 bits per heavy atom. The molecule has 0 bridgehead atoms. The van der Waals surface area contributed by atoms with Gasteiger partial charge in [-0.05, 0) is 30.7 Å². The predicted molar refractivity (Wildman–Crippen MR) is 122 cm³/mol. The van der Waals surface area contributed by atoms with Crippen LogP contribution in [0.15, 0.2) is 60.9 Å². The first-order valence-electron chi connectivity index (χ1n) is 9.67. The summed E-state index contributed by atoms with van der Waals surface area (Å²) in [6.07, 6.45) is 1.58. The quantitative estimate of drug-likeness (QED) is 0.322. The Bertz CT molecular complexity index is 1150. The van der Waals surface area contributed by atoms with Gasteiger partial charge in [0.1, 0.15) is 5.75 Å². The van der Waals surface area contributed by atoms with Gasteiger partial charge in [0.05, 0.1) is 29.4 Å². The number of ether oxygens (including phenoxy) is 1. The summed E-state index contributed by atoms with van der Waals surface area (Å²) in [6.45, 7) is 2.08. The molecule has 3 N–H and O–H groups in total. The normalized spacial score (nSPS) is 10.3. The van der Waals surface area contributed by atoms with Crippen molar-refractivity contribution in [1.82, 2.24) is 4.98 Å². The van der Waals surface area contributed by atoms with Crippen molar-refractivity contribution in [1.29, 1.82) is 0 Å². The Balaban J connectivity index is 1.76. The summed E-state index contributed by atoms with van der Waals surface area (Å²) in [7, 11) is 0. The van der Waals surface area contributed by atoms with E-state index in [0.717, 1.165) is 11.1 Å². The van der Waals surface area contributed by atoms with Crippen LogP contribution in [0, 0.1) is 0 Å². The molecule has 1 heterocycles. The van der Waals surface area contributed by atoms with E-state index in [0.29, 0.717) is 12.2 Å². The lowest BCUT2D eigenvalue weighted by Gasteiger charge is -2.14. The predicted octanol–water partition coefficient (Wildman–Crippen LogP) is 5.10. The van der Waals surface area contributed by atoms with Crippen molar-refractivity contribution < 1.29 is 24.2 Å². The van der Waals surface area contributed by atoms with Crippen molar-refractivity contribution in [3.05, 3.63) is 71.5 Å². The fourth-order valence-electron chi connectivity index (χ4n) is 2.99. The van der Waals surface area contributed by atoms with Gasteiger partial charge in [-0.1, -0.05) is 35.9 Å². The number of nitrogens with one attached hydrogen (secondary N) is 2. The van der Waals surface area contributed by atoms with Gasteiger partial charge in [-0.2, -0.15) is 0 Å². The van der Waals surface area contributed by atoms with Gasteiger partial charge in [0.2, 0.25) is 5.91 Å². The molecular formula is C23H20ClN3O5. The molecule has 8 nitrogen and oxygen atoms in total. The van der Waals surface area contributed by atoms with E-state index >= 15 is 0 Å². The van der Waals surface area contributed by atoms with Gasteiger partial charge in [-0.15, -0.1) is 0 Å². The maximum absolute atomic E-state index is 12.7. The first-order valence-corrected chi connectivity index (χ1v) is 10.0. The number of ketones is 1. The van der Waals surface area contributed by atoms with E-state index < -0.39 is 24.2 Å². The Labute approximate surface area is 189 Å². The Hall–Kier alpha value is -3.91. The van der Waals surface area contributed by atoms with Gasteiger partial charge in [-0.25, -0.2) is 4.79 Å². The zero-order chi connectivity index (χ0) is 23.1. The molecule has 1 aromatic heterocycles. The van der Waals surface area contributed by atoms with E-state index in [1.54, 1.807) is 43.6 Å². The van der Waals surface area contributed by atoms with E-state index in [9.17, 15) is 14.4 Å². The van der Waals surface area contributed by atoms with Gasteiger partial charge in [-0.3, -0.25) is 19.9 Å². The minimum absolute atomic E-state index is 0.0738. The number of halogens is 1. The second kappa shape index (κ2) is 10.4. The lowest BCUT2D eigenvalue weighted by atomic mass is 10.0. The molecule has 164 valence electrons. The number of pyridine rings is 1. The number of carboxylic acid groups (broad SMARTS) is 1. The van der Waals surface area contributed by atoms with Crippen molar-refractivity contribution in [2.24, 2.45) is 0 Å². The van der Waals surface area contributed by atoms with Crippen molar-refractivity contribution in [3.63, 3.8) is 0 Å². The molecule has 0 saturated heterocycles. The molecule has 0 atom stereocenters. The fourth-order valence-corrected chi connectivity index (χ4v) is 3.21. The van der Waals surface area contributed by atoms with Crippen LogP contribution in [-0.2, 0) is 4.79 Å². The highest BCUT2D eigenvalue weighted by Gasteiger charge is 2.17. The highest BCUT2D eigenvalue weighted by Crippen LogP contribution is 2.35. The third kappa shape index (κ3) is 5.83. The number of hydrogen-bond donors (Lipinski definition) is 3. The zero-order valence-electron chi connectivity index (χ0n) is 17.1. The van der Waals surface area contributed by atoms with E-state index in [1.807, 2.05) is 12.1 Å². The smallest absolute Gasteiger partial charge is 0.409 e. The van der Waals surface area contributed by atoms with Crippen LogP contribution in [0.25, 0.3) is 11.1 Å². The van der Waals surface area contributed by atoms with Crippen molar-refractivity contribution in [2.75, 3.05) is 17.2 Å². The van der Waals surface area contributed by atoms with E-state index in [-0.39, 0.29) is 22.1 Å². The SMILES string of the molecule is CCOc1cc(NC(=O)O)c(NC(=O)CC(=O)c2cccc(-c3cccnc3)c2)cc1Cl. The molecule has 0 fully saturated rings. The van der Waals surface area contributed by atoms with Gasteiger partial charge in [0, 0.05) is 29.6 Å². The molecule has 0 aliphatic heterocycles. The molecule has 0 unspecified atom stereocenters. The second-order valence-corrected chi connectivity index (χ2v) is 7.07. The van der Waals surface area contributed by atoms with Gasteiger partial charge in [0.25, 0.3) is 0 Å². The number of hydrogen-bond acceptors (Lipinski definition) is 5. The van der Waals surface area contributed by atoms with Gasteiger partial charge >= 0.3 is 6.09 Å². The number of Topliss-reactive ketones (excluding diaryl/α,β-unsaturated/α-hetero) is 1. The molecule has 0 spiro atoms. The number of amides is 2. The minimum Gasteiger partial charge on any atom is -0.492 e. The van der Waals surface area contributed by atoms with Gasteiger partial charge in [0.15, 0.2) is 5.78 Å². The molecule has 0 aliphatic rings. The molecule has 0 aliphatic carbocycles. The Kier molecular flexibility index (Phi) is 7.41. The largest absolute Gasteiger partial charge is 0.492 e. The Morgan fingerprint density at radius 3 is 2.47 bits per heavy atom. The summed E-state index contributed by atoms with van der Waals surface area (Å²) in [4.78, 5) is 40.4. The molecular weight excluding hydrogens is 434 g/mol. The number of aromatic nitrogens is 1. The molecule has 0 saturated carbocycles. The summed E-state index contributed by atoms with van der Waals surface area (Å²) < 4.78 is 5.35. The summed E-state index contributed by atoms with van der Waals surface area (Å²) in [5.41, 5.74) is 2.21. The van der Waals surface area contributed by atoms with E-state index in [2.05, 4.69) is 15.6 Å². The highest BCUT2D eigenvalue weighted by atomic mass is 35.5. The topological polar surface area (TPSA) is 118 Å². The first kappa shape index (κ1) is 22.8. The molecule has 3 rings (SSSR count). The number of benzene rings is 2. The van der Waals surface area contributed by atoms with Crippen LogP contribution < -0.4 is 15.4 Å². The number of rotatable bonds is 8. The number of anilines is 2. The zero-order valence-corrected chi connectivity index (χ0v) is 17.8. The maximum Gasteiger partial charge on any atom is 0.409 e. The average molecular weight is 454 g/mol. The summed E-state index contributed by atoms with van der Waals surface area (Å²) in [5, 5.41) is 14.0. The fraction of sp³-hybridized carbons (Fsp3) is 0.130. The van der Waals surface area contributed by atoms with Crippen LogP contribution in [0.4, 0.5) is 16.2 Å². The summed E-state index contributed by atoms with van der Waals surface area (Å²) in [5.74, 6) is -0.743. The first-order chi connectivity index (χ1) is 15.4. The highest BCUT2D eigenvalue weighted by molar-refractivity contribution is 6.32. The van der Waals surface area contributed by atoms with Crippen LogP contribution in [0.2, 0.25) is 5.02 Å². The summed E-state index contributed by atoms with van der Waals surface area (Å²) >= 11 is 6.15. The lowest BCUT2D eigenvalue weighted by Crippen LogP contribution is -2.18. The third-order valence-corrected chi connectivity index (χ3v) is 4.68. The number of carbonyl (C=O) groups excluding carboxylic acids is 2. The molecule has 2 amide bonds. The average Bonchev–Trinajstić information content (AvgIpc) is 2.77. The molecule has 9 heteroatoms. The van der Waals surface area contributed by atoms with Crippen LogP contribution in [0.3, 0.4) is 0 Å². The number of nitrogens with zero attached hydrogens (tertiary/aromatic N) is 1. The lowest BCUT2D eigenvalue weighted by molar-refractivity contribution is -0.115. The van der Waals surface area contributed by atoms with Crippen LogP contribution in [-0.4, -0.2) is 34.5 Å². The molecule has 2 aromatic carbocycles. The minimum atomic E-state index is -1.33. The molecule has 0 radical (unpaired) electrons. The van der Waals surface area contributed by atoms with E-state index in [4.69, 9.17) is 21.4 Å². The standard InChI is InChI=1S/C23H20ClN3O5/c1-2-32-21-11-19(27-23(30)31)18(10-17(21)24)26-22(29)12-20(28)15-6-3-5-14(9-15)16-7-4-8-25-13-16/h3-11,13,27H,2,12H2,1H3,(H,26,29)(H,30,31). The number of carbonyl (C=O) groups is 3. The van der Waals surface area contributed by atoms with Crippen molar-refractivity contribution in [3.8, 4) is 16.9 Å². The van der Waals surface area contributed by atoms with Crippen LogP contribution >= 0.6 is 11.6 Å². The molecule has 3 aromatic rings. The summed E-state index contributed by atoms with van der Waals surface area (Å²) in [6, 6.07) is 13.3. The molecule has 32 heavy (non-hydrogen) atoms. The van der Waals surface area contributed by atoms with Crippen molar-refractivity contribution in [2.45, 2.75) is 13.3 Å². The van der Waals surface area contributed by atoms with Crippen LogP contribution in [0.1, 0.15) is 23.7 Å². The second-order valence-electron chi connectivity index (χ2n) is 6.66. The third-order valence-electron chi connectivity index (χ3n) is 4.39.